The number of carbonyl (C=O) groups excluding carboxylic acids is 3. The van der Waals surface area contributed by atoms with Crippen LogP contribution in [0.25, 0.3) is 0 Å². The van der Waals surface area contributed by atoms with E-state index in [1.807, 2.05) is 5.32 Å². The molecule has 4 N–H and O–H groups in total. The van der Waals surface area contributed by atoms with Crippen molar-refractivity contribution in [3.8, 4) is 0 Å². The fourth-order valence-electron chi connectivity index (χ4n) is 0.578. The third-order valence-corrected chi connectivity index (χ3v) is 1.66. The number of aliphatic hydroxyl groups is 1. The van der Waals surface area contributed by atoms with Crippen molar-refractivity contribution in [2.45, 2.75) is 20.1 Å². The number of aliphatic hydroxyl groups excluding tert-OH is 1. The standard InChI is InChI=1S/C9H14N2O6/c1-3-5(2)8(14)16-17-9(15)7(13)11-6(12)4-10/h3,7,13H,4,10H2,1-2H3,(H,11,12)/b5-3+. The SMILES string of the molecule is C/C=C(\C)C(=O)OOC(=O)C(O)NC(=O)CN. The van der Waals surface area contributed by atoms with E-state index in [4.69, 9.17) is 10.8 Å². The van der Waals surface area contributed by atoms with E-state index in [1.54, 1.807) is 6.92 Å². The molecule has 0 aliphatic heterocycles. The molecule has 8 heteroatoms. The second-order valence-electron chi connectivity index (χ2n) is 2.92. The van der Waals surface area contributed by atoms with Crippen LogP contribution in [0.1, 0.15) is 13.8 Å². The highest BCUT2D eigenvalue weighted by Gasteiger charge is 2.21. The van der Waals surface area contributed by atoms with Gasteiger partial charge in [0.05, 0.1) is 6.54 Å². The lowest BCUT2D eigenvalue weighted by Crippen LogP contribution is -2.44. The lowest BCUT2D eigenvalue weighted by Gasteiger charge is -2.09. The van der Waals surface area contributed by atoms with E-state index in [0.29, 0.717) is 0 Å². The number of rotatable bonds is 4. The molecule has 0 bridgehead atoms. The Bertz CT molecular complexity index is 338. The van der Waals surface area contributed by atoms with Crippen LogP contribution in [-0.4, -0.2) is 35.7 Å². The minimum Gasteiger partial charge on any atom is -0.364 e. The van der Waals surface area contributed by atoms with Gasteiger partial charge in [-0.1, -0.05) is 6.08 Å². The van der Waals surface area contributed by atoms with Crippen molar-refractivity contribution < 1.29 is 29.3 Å². The van der Waals surface area contributed by atoms with Crippen molar-refractivity contribution in [1.82, 2.24) is 5.32 Å². The molecule has 1 amide bonds. The molecule has 1 unspecified atom stereocenters. The zero-order chi connectivity index (χ0) is 13.4. The molecule has 0 aromatic heterocycles. The van der Waals surface area contributed by atoms with E-state index in [-0.39, 0.29) is 5.57 Å². The summed E-state index contributed by atoms with van der Waals surface area (Å²) in [6.07, 6.45) is -0.493. The zero-order valence-corrected chi connectivity index (χ0v) is 9.43. The molecule has 0 saturated heterocycles. The Kier molecular flexibility index (Phi) is 6.53. The van der Waals surface area contributed by atoms with Gasteiger partial charge in [-0.2, -0.15) is 0 Å². The Morgan fingerprint density at radius 1 is 1.41 bits per heavy atom. The fourth-order valence-corrected chi connectivity index (χ4v) is 0.578. The Hall–Kier alpha value is -1.93. The molecule has 17 heavy (non-hydrogen) atoms. The molecule has 0 heterocycles. The summed E-state index contributed by atoms with van der Waals surface area (Å²) in [6, 6.07) is 0. The molecule has 0 spiro atoms. The van der Waals surface area contributed by atoms with Crippen molar-refractivity contribution in [1.29, 1.82) is 0 Å². The van der Waals surface area contributed by atoms with Gasteiger partial charge in [0.25, 0.3) is 0 Å². The van der Waals surface area contributed by atoms with E-state index in [9.17, 15) is 14.4 Å². The van der Waals surface area contributed by atoms with Crippen LogP contribution in [0.15, 0.2) is 11.6 Å². The van der Waals surface area contributed by atoms with Crippen molar-refractivity contribution in [3.05, 3.63) is 11.6 Å². The summed E-state index contributed by atoms with van der Waals surface area (Å²) < 4.78 is 0. The minimum absolute atomic E-state index is 0.221. The van der Waals surface area contributed by atoms with Gasteiger partial charge in [0.2, 0.25) is 12.1 Å². The van der Waals surface area contributed by atoms with Gasteiger partial charge in [-0.25, -0.2) is 19.4 Å². The third kappa shape index (κ3) is 5.64. The predicted octanol–water partition coefficient (Wildman–Crippen LogP) is -1.65. The van der Waals surface area contributed by atoms with E-state index in [2.05, 4.69) is 9.78 Å². The summed E-state index contributed by atoms with van der Waals surface area (Å²) in [5.74, 6) is -2.97. The molecular formula is C9H14N2O6. The Labute approximate surface area is 97.3 Å². The maximum Gasteiger partial charge on any atom is 0.404 e. The average Bonchev–Trinajstić information content (AvgIpc) is 2.33. The summed E-state index contributed by atoms with van der Waals surface area (Å²) in [6.45, 7) is 2.64. The number of nitrogens with one attached hydrogen (secondary N) is 1. The minimum atomic E-state index is -1.94. The summed E-state index contributed by atoms with van der Waals surface area (Å²) in [4.78, 5) is 40.8. The maximum atomic E-state index is 11.0. The molecule has 0 aromatic carbocycles. The summed E-state index contributed by atoms with van der Waals surface area (Å²) in [7, 11) is 0. The van der Waals surface area contributed by atoms with Gasteiger partial charge < -0.3 is 16.2 Å². The second kappa shape index (κ2) is 7.36. The van der Waals surface area contributed by atoms with Gasteiger partial charge in [0.15, 0.2) is 0 Å². The average molecular weight is 246 g/mol. The molecular weight excluding hydrogens is 232 g/mol. The van der Waals surface area contributed by atoms with Gasteiger partial charge >= 0.3 is 11.9 Å². The molecule has 0 fully saturated rings. The van der Waals surface area contributed by atoms with Crippen LogP contribution in [0.3, 0.4) is 0 Å². The number of hydrogen-bond donors (Lipinski definition) is 3. The summed E-state index contributed by atoms with van der Waals surface area (Å²) in [5, 5.41) is 10.9. The van der Waals surface area contributed by atoms with E-state index < -0.39 is 30.6 Å². The van der Waals surface area contributed by atoms with Crippen molar-refractivity contribution in [2.75, 3.05) is 6.54 Å². The number of hydrogen-bond acceptors (Lipinski definition) is 7. The largest absolute Gasteiger partial charge is 0.404 e. The van der Waals surface area contributed by atoms with Gasteiger partial charge in [-0.15, -0.1) is 0 Å². The van der Waals surface area contributed by atoms with Gasteiger partial charge in [-0.3, -0.25) is 4.79 Å². The molecule has 1 atom stereocenters. The predicted molar refractivity (Wildman–Crippen MR) is 54.8 cm³/mol. The topological polar surface area (TPSA) is 128 Å². The van der Waals surface area contributed by atoms with Crippen LogP contribution < -0.4 is 11.1 Å². The third-order valence-electron chi connectivity index (χ3n) is 1.66. The number of amides is 1. The smallest absolute Gasteiger partial charge is 0.364 e. The maximum absolute atomic E-state index is 11.0. The molecule has 0 aliphatic carbocycles. The molecule has 96 valence electrons. The van der Waals surface area contributed by atoms with Crippen molar-refractivity contribution in [3.63, 3.8) is 0 Å². The Morgan fingerprint density at radius 2 is 2.00 bits per heavy atom. The number of carbonyl (C=O) groups is 3. The van der Waals surface area contributed by atoms with E-state index >= 15 is 0 Å². The molecule has 0 radical (unpaired) electrons. The fraction of sp³-hybridized carbons (Fsp3) is 0.444. The van der Waals surface area contributed by atoms with Gasteiger partial charge in [-0.05, 0) is 13.8 Å². The first-order valence-corrected chi connectivity index (χ1v) is 4.65. The number of nitrogens with two attached hydrogens (primary N) is 1. The first kappa shape index (κ1) is 15.1. The quantitative estimate of drug-likeness (QED) is 0.234. The van der Waals surface area contributed by atoms with Crippen LogP contribution in [0.2, 0.25) is 0 Å². The molecule has 0 saturated carbocycles. The lowest BCUT2D eigenvalue weighted by atomic mass is 10.3. The van der Waals surface area contributed by atoms with Crippen molar-refractivity contribution >= 4 is 17.8 Å². The normalized spacial score (nSPS) is 12.6. The van der Waals surface area contributed by atoms with Crippen LogP contribution in [0.5, 0.6) is 0 Å². The lowest BCUT2D eigenvalue weighted by molar-refractivity contribution is -0.262. The second-order valence-corrected chi connectivity index (χ2v) is 2.92. The van der Waals surface area contributed by atoms with Gasteiger partial charge in [0.1, 0.15) is 0 Å². The van der Waals surface area contributed by atoms with E-state index in [1.165, 1.54) is 13.0 Å². The highest BCUT2D eigenvalue weighted by atomic mass is 17.2. The van der Waals surface area contributed by atoms with Crippen molar-refractivity contribution in [2.24, 2.45) is 5.73 Å². The van der Waals surface area contributed by atoms with Crippen LogP contribution in [-0.2, 0) is 24.2 Å². The van der Waals surface area contributed by atoms with Gasteiger partial charge in [0, 0.05) is 5.57 Å². The molecule has 0 aromatic rings. The first-order chi connectivity index (χ1) is 7.92. The molecule has 8 nitrogen and oxygen atoms in total. The number of allylic oxidation sites excluding steroid dienone is 1. The van der Waals surface area contributed by atoms with E-state index in [0.717, 1.165) is 0 Å². The van der Waals surface area contributed by atoms with Crippen LogP contribution in [0.4, 0.5) is 0 Å². The van der Waals surface area contributed by atoms with Crippen LogP contribution >= 0.6 is 0 Å². The summed E-state index contributed by atoms with van der Waals surface area (Å²) in [5.41, 5.74) is 5.15. The summed E-state index contributed by atoms with van der Waals surface area (Å²) >= 11 is 0. The van der Waals surface area contributed by atoms with Crippen LogP contribution in [0, 0.1) is 0 Å². The Balaban J connectivity index is 4.10. The Morgan fingerprint density at radius 3 is 2.47 bits per heavy atom. The first-order valence-electron chi connectivity index (χ1n) is 4.65. The molecule has 0 aliphatic rings. The highest BCUT2D eigenvalue weighted by molar-refractivity contribution is 5.88. The molecule has 0 rings (SSSR count). The monoisotopic (exact) mass is 246 g/mol. The highest BCUT2D eigenvalue weighted by Crippen LogP contribution is 1.97. The zero-order valence-electron chi connectivity index (χ0n) is 9.43.